The third-order valence-corrected chi connectivity index (χ3v) is 3.27. The highest BCUT2D eigenvalue weighted by molar-refractivity contribution is 5.87. The Morgan fingerprint density at radius 2 is 2.04 bits per heavy atom. The van der Waals surface area contributed by atoms with E-state index in [9.17, 15) is 4.79 Å². The van der Waals surface area contributed by atoms with Crippen molar-refractivity contribution in [1.82, 2.24) is 4.98 Å². The number of hydrogen-bond donors (Lipinski definition) is 0. The Labute approximate surface area is 134 Å². The van der Waals surface area contributed by atoms with Gasteiger partial charge in [0.1, 0.15) is 6.61 Å². The van der Waals surface area contributed by atoms with E-state index >= 15 is 0 Å². The van der Waals surface area contributed by atoms with Gasteiger partial charge in [-0.05, 0) is 35.9 Å². The number of fused-ring (bicyclic) bond motifs is 1. The van der Waals surface area contributed by atoms with E-state index in [1.54, 1.807) is 18.3 Å². The normalized spacial score (nSPS) is 13.6. The van der Waals surface area contributed by atoms with Crippen molar-refractivity contribution >= 4 is 12.0 Å². The molecule has 1 aliphatic rings. The van der Waals surface area contributed by atoms with Crippen LogP contribution >= 0.6 is 0 Å². The largest absolute Gasteiger partial charge is 0.490 e. The number of benzene rings is 1. The molecule has 3 rings (SSSR count). The van der Waals surface area contributed by atoms with Gasteiger partial charge in [-0.25, -0.2) is 4.79 Å². The molecule has 118 valence electrons. The predicted molar refractivity (Wildman–Crippen MR) is 85.1 cm³/mol. The van der Waals surface area contributed by atoms with Crippen LogP contribution in [-0.2, 0) is 16.1 Å². The van der Waals surface area contributed by atoms with Gasteiger partial charge in [0.15, 0.2) is 11.5 Å². The van der Waals surface area contributed by atoms with Crippen LogP contribution in [0.1, 0.15) is 17.7 Å². The van der Waals surface area contributed by atoms with Crippen LogP contribution in [0.15, 0.2) is 48.7 Å². The minimum atomic E-state index is -0.414. The van der Waals surface area contributed by atoms with Gasteiger partial charge >= 0.3 is 5.97 Å². The highest BCUT2D eigenvalue weighted by atomic mass is 16.5. The molecule has 1 aromatic heterocycles. The zero-order valence-corrected chi connectivity index (χ0v) is 12.6. The highest BCUT2D eigenvalue weighted by Gasteiger charge is 2.09. The molecule has 0 aliphatic carbocycles. The second-order valence-corrected chi connectivity index (χ2v) is 5.02. The monoisotopic (exact) mass is 311 g/mol. The lowest BCUT2D eigenvalue weighted by Crippen LogP contribution is -2.01. The minimum Gasteiger partial charge on any atom is -0.490 e. The molecule has 23 heavy (non-hydrogen) atoms. The number of hydrogen-bond acceptors (Lipinski definition) is 5. The molecular formula is C18H17NO4. The lowest BCUT2D eigenvalue weighted by atomic mass is 10.2. The molecule has 5 heteroatoms. The Hall–Kier alpha value is -2.82. The van der Waals surface area contributed by atoms with E-state index in [1.807, 2.05) is 30.3 Å². The number of rotatable bonds is 4. The van der Waals surface area contributed by atoms with Gasteiger partial charge in [-0.2, -0.15) is 0 Å². The first kappa shape index (κ1) is 15.1. The first-order valence-electron chi connectivity index (χ1n) is 7.46. The first-order valence-corrected chi connectivity index (χ1v) is 7.46. The van der Waals surface area contributed by atoms with Crippen molar-refractivity contribution in [2.24, 2.45) is 0 Å². The molecule has 0 atom stereocenters. The number of carbonyl (C=O) groups is 1. The van der Waals surface area contributed by atoms with Crippen LogP contribution in [0.4, 0.5) is 0 Å². The standard InChI is InChI=1S/C18H17NO4/c20-18(23-13-15-4-1-2-9-19-15)8-6-14-5-7-16-17(12-14)22-11-3-10-21-16/h1-2,4-9,12H,3,10-11,13H2/b8-6+. The number of carbonyl (C=O) groups excluding carboxylic acids is 1. The Kier molecular flexibility index (Phi) is 4.88. The Morgan fingerprint density at radius 3 is 2.87 bits per heavy atom. The molecule has 0 spiro atoms. The topological polar surface area (TPSA) is 57.7 Å². The molecule has 0 unspecified atom stereocenters. The van der Waals surface area contributed by atoms with Crippen molar-refractivity contribution in [3.05, 3.63) is 59.9 Å². The van der Waals surface area contributed by atoms with Gasteiger partial charge in [0.05, 0.1) is 18.9 Å². The summed E-state index contributed by atoms with van der Waals surface area (Å²) in [7, 11) is 0. The molecular weight excluding hydrogens is 294 g/mol. The summed E-state index contributed by atoms with van der Waals surface area (Å²) in [6.07, 6.45) is 5.61. The van der Waals surface area contributed by atoms with E-state index < -0.39 is 5.97 Å². The van der Waals surface area contributed by atoms with Crippen LogP contribution in [-0.4, -0.2) is 24.2 Å². The maximum atomic E-state index is 11.7. The summed E-state index contributed by atoms with van der Waals surface area (Å²) < 4.78 is 16.3. The third kappa shape index (κ3) is 4.32. The molecule has 2 aromatic rings. The van der Waals surface area contributed by atoms with Crippen molar-refractivity contribution < 1.29 is 19.0 Å². The van der Waals surface area contributed by atoms with Gasteiger partial charge in [0, 0.05) is 18.7 Å². The summed E-state index contributed by atoms with van der Waals surface area (Å²) in [5, 5.41) is 0. The van der Waals surface area contributed by atoms with Crippen molar-refractivity contribution in [2.45, 2.75) is 13.0 Å². The van der Waals surface area contributed by atoms with Gasteiger partial charge in [0.2, 0.25) is 0 Å². The number of ether oxygens (including phenoxy) is 3. The number of aromatic nitrogens is 1. The number of nitrogens with zero attached hydrogens (tertiary/aromatic N) is 1. The average molecular weight is 311 g/mol. The molecule has 0 saturated heterocycles. The molecule has 5 nitrogen and oxygen atoms in total. The van der Waals surface area contributed by atoms with Crippen LogP contribution in [0.5, 0.6) is 11.5 Å². The van der Waals surface area contributed by atoms with E-state index in [1.165, 1.54) is 6.08 Å². The summed E-state index contributed by atoms with van der Waals surface area (Å²) >= 11 is 0. The fourth-order valence-electron chi connectivity index (χ4n) is 2.12. The average Bonchev–Trinajstić information content (AvgIpc) is 2.84. The molecule has 0 radical (unpaired) electrons. The Bertz CT molecular complexity index is 697. The van der Waals surface area contributed by atoms with Crippen molar-refractivity contribution in [2.75, 3.05) is 13.2 Å². The fourth-order valence-corrected chi connectivity index (χ4v) is 2.12. The number of esters is 1. The summed E-state index contributed by atoms with van der Waals surface area (Å²) in [5.41, 5.74) is 1.56. The third-order valence-electron chi connectivity index (χ3n) is 3.27. The predicted octanol–water partition coefficient (Wildman–Crippen LogP) is 3.00. The van der Waals surface area contributed by atoms with E-state index in [0.717, 1.165) is 17.7 Å². The van der Waals surface area contributed by atoms with Crippen molar-refractivity contribution in [3.8, 4) is 11.5 Å². The fraction of sp³-hybridized carbons (Fsp3) is 0.222. The van der Waals surface area contributed by atoms with Gasteiger partial charge in [0.25, 0.3) is 0 Å². The van der Waals surface area contributed by atoms with Crippen LogP contribution in [0, 0.1) is 0 Å². The van der Waals surface area contributed by atoms with Gasteiger partial charge in [-0.3, -0.25) is 4.98 Å². The van der Waals surface area contributed by atoms with Crippen LogP contribution in [0.25, 0.3) is 6.08 Å². The molecule has 2 heterocycles. The number of pyridine rings is 1. The van der Waals surface area contributed by atoms with Crippen LogP contribution in [0.2, 0.25) is 0 Å². The minimum absolute atomic E-state index is 0.158. The molecule has 0 bridgehead atoms. The molecule has 1 aromatic carbocycles. The highest BCUT2D eigenvalue weighted by Crippen LogP contribution is 2.30. The summed E-state index contributed by atoms with van der Waals surface area (Å²) in [5.74, 6) is 1.02. The van der Waals surface area contributed by atoms with Crippen LogP contribution < -0.4 is 9.47 Å². The molecule has 0 N–H and O–H groups in total. The molecule has 0 fully saturated rings. The van der Waals surface area contributed by atoms with Gasteiger partial charge in [-0.1, -0.05) is 12.1 Å². The molecule has 1 aliphatic heterocycles. The SMILES string of the molecule is O=C(/C=C/c1ccc2c(c1)OCCCO2)OCc1ccccn1. The zero-order valence-electron chi connectivity index (χ0n) is 12.6. The first-order chi connectivity index (χ1) is 11.3. The van der Waals surface area contributed by atoms with Gasteiger partial charge < -0.3 is 14.2 Å². The van der Waals surface area contributed by atoms with Gasteiger partial charge in [-0.15, -0.1) is 0 Å². The Balaban J connectivity index is 1.59. The zero-order chi connectivity index (χ0) is 15.9. The quantitative estimate of drug-likeness (QED) is 0.642. The maximum Gasteiger partial charge on any atom is 0.331 e. The molecule has 0 amide bonds. The lowest BCUT2D eigenvalue weighted by Gasteiger charge is -2.07. The van der Waals surface area contributed by atoms with Crippen molar-refractivity contribution in [3.63, 3.8) is 0 Å². The Morgan fingerprint density at radius 1 is 1.17 bits per heavy atom. The second-order valence-electron chi connectivity index (χ2n) is 5.02. The molecule has 0 saturated carbocycles. The van der Waals surface area contributed by atoms with E-state index in [-0.39, 0.29) is 6.61 Å². The van der Waals surface area contributed by atoms with E-state index in [0.29, 0.717) is 24.7 Å². The smallest absolute Gasteiger partial charge is 0.331 e. The second kappa shape index (κ2) is 7.45. The van der Waals surface area contributed by atoms with Crippen molar-refractivity contribution in [1.29, 1.82) is 0 Å². The lowest BCUT2D eigenvalue weighted by molar-refractivity contribution is -0.139. The summed E-state index contributed by atoms with van der Waals surface area (Å²) in [6, 6.07) is 11.0. The summed E-state index contributed by atoms with van der Waals surface area (Å²) in [6.45, 7) is 1.44. The summed E-state index contributed by atoms with van der Waals surface area (Å²) in [4.78, 5) is 15.8. The van der Waals surface area contributed by atoms with E-state index in [2.05, 4.69) is 4.98 Å². The van der Waals surface area contributed by atoms with Crippen LogP contribution in [0.3, 0.4) is 0 Å². The van der Waals surface area contributed by atoms with E-state index in [4.69, 9.17) is 14.2 Å². The maximum absolute atomic E-state index is 11.7.